The fourth-order valence-electron chi connectivity index (χ4n) is 3.75. The quantitative estimate of drug-likeness (QED) is 0.460. The van der Waals surface area contributed by atoms with Gasteiger partial charge in [-0.05, 0) is 36.4 Å². The number of amides is 2. The summed E-state index contributed by atoms with van der Waals surface area (Å²) in [5.41, 5.74) is 8.93. The molecule has 34 heavy (non-hydrogen) atoms. The number of nitrogens with one attached hydrogen (secondary N) is 1. The minimum Gasteiger partial charge on any atom is -0.368 e. The van der Waals surface area contributed by atoms with Crippen LogP contribution in [0.5, 0.6) is 0 Å². The smallest absolute Gasteiger partial charge is 0.321 e. The van der Waals surface area contributed by atoms with Crippen molar-refractivity contribution in [2.24, 2.45) is 0 Å². The molecular weight excluding hydrogens is 459 g/mol. The maximum Gasteiger partial charge on any atom is 0.321 e. The first-order valence-corrected chi connectivity index (χ1v) is 11.0. The van der Waals surface area contributed by atoms with Crippen molar-refractivity contribution in [3.05, 3.63) is 65.6 Å². The highest BCUT2D eigenvalue weighted by Crippen LogP contribution is 2.27. The number of urea groups is 1. The molecule has 9 nitrogen and oxygen atoms in total. The number of anilines is 3. The number of carbonyl (C=O) groups is 1. The topological polar surface area (TPSA) is 113 Å². The molecule has 2 aromatic heterocycles. The maximum atomic E-state index is 13.1. The minimum absolute atomic E-state index is 0.104. The number of nitrogens with two attached hydrogens (primary N) is 1. The van der Waals surface area contributed by atoms with Crippen LogP contribution in [0.25, 0.3) is 22.4 Å². The van der Waals surface area contributed by atoms with E-state index in [1.165, 1.54) is 24.3 Å². The monoisotopic (exact) mass is 478 g/mol. The summed E-state index contributed by atoms with van der Waals surface area (Å²) < 4.78 is 13.1. The molecule has 1 aliphatic heterocycles. The van der Waals surface area contributed by atoms with E-state index in [4.69, 9.17) is 22.3 Å². The molecule has 0 bridgehead atoms. The van der Waals surface area contributed by atoms with Gasteiger partial charge in [0.25, 0.3) is 0 Å². The summed E-state index contributed by atoms with van der Waals surface area (Å²) in [6.07, 6.45) is 1.64. The number of hydrogen-bond donors (Lipinski definition) is 2. The van der Waals surface area contributed by atoms with Gasteiger partial charge >= 0.3 is 6.03 Å². The molecule has 0 radical (unpaired) electrons. The van der Waals surface area contributed by atoms with Crippen molar-refractivity contribution >= 4 is 46.2 Å². The Bertz CT molecular complexity index is 1340. The van der Waals surface area contributed by atoms with Gasteiger partial charge in [-0.3, -0.25) is 0 Å². The van der Waals surface area contributed by atoms with E-state index >= 15 is 0 Å². The largest absolute Gasteiger partial charge is 0.368 e. The second-order valence-corrected chi connectivity index (χ2v) is 8.19. The number of carbonyl (C=O) groups excluding carboxylic acids is 1. The first-order chi connectivity index (χ1) is 16.5. The standard InChI is InChI=1S/C23H20ClFN8O/c24-15-3-1-14(2-4-15)18-13-27-20-19(29-18)21(31-22(26)30-20)32-9-11-33(12-10-32)23(34)28-17-7-5-16(25)6-8-17/h1-8,13H,9-12H2,(H,28,34)(H2,26,27,30,31). The molecule has 11 heteroatoms. The number of nitrogens with zero attached hydrogens (tertiary/aromatic N) is 6. The predicted octanol–water partition coefficient (Wildman–Crippen LogP) is 3.82. The van der Waals surface area contributed by atoms with Gasteiger partial charge in [-0.15, -0.1) is 0 Å². The first-order valence-electron chi connectivity index (χ1n) is 10.6. The Hall–Kier alpha value is -4.05. The maximum absolute atomic E-state index is 13.1. The van der Waals surface area contributed by atoms with Crippen LogP contribution in [0.2, 0.25) is 5.02 Å². The summed E-state index contributed by atoms with van der Waals surface area (Å²) in [5, 5.41) is 3.42. The van der Waals surface area contributed by atoms with Gasteiger partial charge < -0.3 is 20.9 Å². The van der Waals surface area contributed by atoms with Crippen molar-refractivity contribution in [2.75, 3.05) is 42.1 Å². The van der Waals surface area contributed by atoms with E-state index in [9.17, 15) is 9.18 Å². The fourth-order valence-corrected chi connectivity index (χ4v) is 3.87. The zero-order valence-electron chi connectivity index (χ0n) is 17.9. The zero-order valence-corrected chi connectivity index (χ0v) is 18.7. The van der Waals surface area contributed by atoms with Crippen LogP contribution in [0, 0.1) is 5.82 Å². The number of nitrogen functional groups attached to an aromatic ring is 1. The van der Waals surface area contributed by atoms with Gasteiger partial charge in [0.1, 0.15) is 5.82 Å². The lowest BCUT2D eigenvalue weighted by molar-refractivity contribution is 0.208. The van der Waals surface area contributed by atoms with E-state index in [1.54, 1.807) is 23.2 Å². The predicted molar refractivity (Wildman–Crippen MR) is 129 cm³/mol. The minimum atomic E-state index is -0.356. The van der Waals surface area contributed by atoms with Crippen molar-refractivity contribution in [1.29, 1.82) is 0 Å². The average Bonchev–Trinajstić information content (AvgIpc) is 2.85. The van der Waals surface area contributed by atoms with Crippen LogP contribution in [-0.4, -0.2) is 57.0 Å². The Balaban J connectivity index is 1.35. The molecule has 1 saturated heterocycles. The van der Waals surface area contributed by atoms with Gasteiger partial charge in [0.2, 0.25) is 5.95 Å². The van der Waals surface area contributed by atoms with Crippen LogP contribution in [0.15, 0.2) is 54.7 Å². The van der Waals surface area contributed by atoms with Gasteiger partial charge in [0, 0.05) is 42.5 Å². The number of piperazine rings is 1. The lowest BCUT2D eigenvalue weighted by atomic mass is 10.1. The molecule has 0 atom stereocenters. The normalized spacial score (nSPS) is 13.8. The Morgan fingerprint density at radius 3 is 2.38 bits per heavy atom. The average molecular weight is 479 g/mol. The SMILES string of the molecule is Nc1nc(N2CCN(C(=O)Nc3ccc(F)cc3)CC2)c2nc(-c3ccc(Cl)cc3)cnc2n1. The van der Waals surface area contributed by atoms with Crippen LogP contribution >= 0.6 is 11.6 Å². The Morgan fingerprint density at radius 2 is 1.68 bits per heavy atom. The molecular formula is C23H20ClFN8O. The highest BCUT2D eigenvalue weighted by Gasteiger charge is 2.25. The third kappa shape index (κ3) is 4.53. The van der Waals surface area contributed by atoms with Crippen molar-refractivity contribution in [3.8, 4) is 11.3 Å². The van der Waals surface area contributed by atoms with Gasteiger partial charge in [-0.25, -0.2) is 19.2 Å². The summed E-state index contributed by atoms with van der Waals surface area (Å²) in [6.45, 7) is 1.97. The number of aromatic nitrogens is 4. The van der Waals surface area contributed by atoms with Crippen LogP contribution in [0.4, 0.5) is 26.6 Å². The van der Waals surface area contributed by atoms with E-state index in [1.807, 2.05) is 17.0 Å². The number of halogens is 2. The van der Waals surface area contributed by atoms with E-state index in [0.717, 1.165) is 5.56 Å². The second-order valence-electron chi connectivity index (χ2n) is 7.75. The first kappa shape index (κ1) is 21.8. The molecule has 2 aromatic carbocycles. The number of rotatable bonds is 3. The lowest BCUT2D eigenvalue weighted by Crippen LogP contribution is -2.50. The molecule has 0 unspecified atom stereocenters. The Morgan fingerprint density at radius 1 is 0.971 bits per heavy atom. The molecule has 4 aromatic rings. The molecule has 1 fully saturated rings. The Kier molecular flexibility index (Phi) is 5.81. The van der Waals surface area contributed by atoms with E-state index in [0.29, 0.717) is 59.6 Å². The van der Waals surface area contributed by atoms with Crippen molar-refractivity contribution < 1.29 is 9.18 Å². The van der Waals surface area contributed by atoms with Crippen molar-refractivity contribution in [1.82, 2.24) is 24.8 Å². The van der Waals surface area contributed by atoms with Gasteiger partial charge in [0.15, 0.2) is 17.0 Å². The summed E-state index contributed by atoms with van der Waals surface area (Å²) in [7, 11) is 0. The molecule has 172 valence electrons. The third-order valence-corrected chi connectivity index (χ3v) is 5.76. The summed E-state index contributed by atoms with van der Waals surface area (Å²) in [4.78, 5) is 34.2. The second kappa shape index (κ2) is 9.06. The van der Waals surface area contributed by atoms with E-state index in [2.05, 4.69) is 20.3 Å². The van der Waals surface area contributed by atoms with Gasteiger partial charge in [-0.1, -0.05) is 23.7 Å². The molecule has 0 aliphatic carbocycles. The summed E-state index contributed by atoms with van der Waals surface area (Å²) in [6, 6.07) is 12.7. The lowest BCUT2D eigenvalue weighted by Gasteiger charge is -2.35. The number of hydrogen-bond acceptors (Lipinski definition) is 7. The number of fused-ring (bicyclic) bond motifs is 1. The summed E-state index contributed by atoms with van der Waals surface area (Å²) in [5.74, 6) is 0.321. The third-order valence-electron chi connectivity index (χ3n) is 5.51. The zero-order chi connectivity index (χ0) is 23.7. The molecule has 3 heterocycles. The molecule has 3 N–H and O–H groups in total. The van der Waals surface area contributed by atoms with Gasteiger partial charge in [0.05, 0.1) is 11.9 Å². The highest BCUT2D eigenvalue weighted by molar-refractivity contribution is 6.30. The number of benzene rings is 2. The molecule has 2 amide bonds. The van der Waals surface area contributed by atoms with Crippen LogP contribution in [-0.2, 0) is 0 Å². The van der Waals surface area contributed by atoms with Gasteiger partial charge in [-0.2, -0.15) is 9.97 Å². The molecule has 5 rings (SSSR count). The Labute approximate surface area is 199 Å². The molecule has 0 spiro atoms. The van der Waals surface area contributed by atoms with Crippen molar-refractivity contribution in [2.45, 2.75) is 0 Å². The highest BCUT2D eigenvalue weighted by atomic mass is 35.5. The summed E-state index contributed by atoms with van der Waals surface area (Å²) >= 11 is 6.00. The van der Waals surface area contributed by atoms with Crippen LogP contribution in [0.1, 0.15) is 0 Å². The molecule has 1 aliphatic rings. The van der Waals surface area contributed by atoms with Crippen LogP contribution in [0.3, 0.4) is 0 Å². The van der Waals surface area contributed by atoms with Crippen LogP contribution < -0.4 is 16.0 Å². The fraction of sp³-hybridized carbons (Fsp3) is 0.174. The van der Waals surface area contributed by atoms with E-state index in [-0.39, 0.29) is 17.8 Å². The molecule has 0 saturated carbocycles. The van der Waals surface area contributed by atoms with E-state index < -0.39 is 0 Å². The van der Waals surface area contributed by atoms with Crippen molar-refractivity contribution in [3.63, 3.8) is 0 Å².